The van der Waals surface area contributed by atoms with Crippen molar-refractivity contribution in [3.8, 4) is 0 Å². The van der Waals surface area contributed by atoms with Gasteiger partial charge in [-0.25, -0.2) is 17.5 Å². The Labute approximate surface area is 129 Å². The monoisotopic (exact) mass is 332 g/mol. The van der Waals surface area contributed by atoms with E-state index in [4.69, 9.17) is 0 Å². The van der Waals surface area contributed by atoms with Gasteiger partial charge in [0.15, 0.2) is 0 Å². The van der Waals surface area contributed by atoms with Crippen LogP contribution in [0.4, 0.5) is 4.39 Å². The lowest BCUT2D eigenvalue weighted by molar-refractivity contribution is 0.541. The van der Waals surface area contributed by atoms with Crippen LogP contribution < -0.4 is 10.0 Å². The maximum atomic E-state index is 14.0. The lowest BCUT2D eigenvalue weighted by atomic mass is 10.1. The average molecular weight is 332 g/mol. The molecular weight excluding hydrogens is 311 g/mol. The molecule has 1 aromatic rings. The highest BCUT2D eigenvalue weighted by atomic mass is 32.2. The Morgan fingerprint density at radius 1 is 1.43 bits per heavy atom. The highest BCUT2D eigenvalue weighted by Crippen LogP contribution is 2.22. The molecule has 1 fully saturated rings. The van der Waals surface area contributed by atoms with Crippen LogP contribution >= 0.6 is 11.8 Å². The number of benzene rings is 1. The van der Waals surface area contributed by atoms with Crippen LogP contribution in [0.25, 0.3) is 0 Å². The van der Waals surface area contributed by atoms with Crippen molar-refractivity contribution in [3.63, 3.8) is 0 Å². The molecule has 1 aliphatic rings. The smallest absolute Gasteiger partial charge is 0.240 e. The van der Waals surface area contributed by atoms with Crippen molar-refractivity contribution in [1.29, 1.82) is 0 Å². The van der Waals surface area contributed by atoms with Gasteiger partial charge in [0.25, 0.3) is 0 Å². The number of hydrogen-bond acceptors (Lipinski definition) is 4. The summed E-state index contributed by atoms with van der Waals surface area (Å²) < 4.78 is 41.6. The molecule has 0 amide bonds. The number of nitrogens with one attached hydrogen (secondary N) is 2. The van der Waals surface area contributed by atoms with Gasteiger partial charge >= 0.3 is 0 Å². The molecule has 0 aliphatic carbocycles. The normalized spacial score (nSPS) is 19.7. The maximum Gasteiger partial charge on any atom is 0.240 e. The number of rotatable bonds is 5. The maximum absolute atomic E-state index is 14.0. The van der Waals surface area contributed by atoms with Crippen LogP contribution in [0, 0.1) is 12.7 Å². The predicted octanol–water partition coefficient (Wildman–Crippen LogP) is 2.03. The third-order valence-electron chi connectivity index (χ3n) is 3.46. The molecule has 1 aliphatic heterocycles. The second-order valence-electron chi connectivity index (χ2n) is 5.28. The zero-order chi connectivity index (χ0) is 15.5. The summed E-state index contributed by atoms with van der Waals surface area (Å²) in [5.74, 6) is 1.53. The van der Waals surface area contributed by atoms with Gasteiger partial charge in [-0.15, -0.1) is 0 Å². The zero-order valence-electron chi connectivity index (χ0n) is 12.3. The average Bonchev–Trinajstić information content (AvgIpc) is 2.44. The van der Waals surface area contributed by atoms with E-state index >= 15 is 0 Å². The molecule has 0 bridgehead atoms. The van der Waals surface area contributed by atoms with Gasteiger partial charge in [0.2, 0.25) is 10.0 Å². The SMILES string of the molecule is CNCc1cc(S(=O)(=O)NC2CCCSC2)cc(C)c1F. The summed E-state index contributed by atoms with van der Waals surface area (Å²) in [6.45, 7) is 1.89. The summed E-state index contributed by atoms with van der Waals surface area (Å²) in [5.41, 5.74) is 0.719. The van der Waals surface area contributed by atoms with Gasteiger partial charge in [0.05, 0.1) is 4.90 Å². The van der Waals surface area contributed by atoms with Crippen molar-refractivity contribution < 1.29 is 12.8 Å². The summed E-state index contributed by atoms with van der Waals surface area (Å²) in [6.07, 6.45) is 1.88. The molecule has 2 N–H and O–H groups in total. The fraction of sp³-hybridized carbons (Fsp3) is 0.571. The first-order valence-electron chi connectivity index (χ1n) is 6.97. The molecule has 118 valence electrons. The van der Waals surface area contributed by atoms with E-state index in [-0.39, 0.29) is 16.8 Å². The molecule has 1 unspecified atom stereocenters. The van der Waals surface area contributed by atoms with Crippen LogP contribution in [-0.4, -0.2) is 33.0 Å². The van der Waals surface area contributed by atoms with Crippen LogP contribution in [-0.2, 0) is 16.6 Å². The van der Waals surface area contributed by atoms with Gasteiger partial charge < -0.3 is 5.32 Å². The van der Waals surface area contributed by atoms with E-state index in [1.165, 1.54) is 12.1 Å². The molecule has 0 saturated carbocycles. The molecule has 0 radical (unpaired) electrons. The van der Waals surface area contributed by atoms with Crippen molar-refractivity contribution in [2.45, 2.75) is 37.2 Å². The van der Waals surface area contributed by atoms with Gasteiger partial charge in [0, 0.05) is 23.9 Å². The van der Waals surface area contributed by atoms with Crippen LogP contribution in [0.15, 0.2) is 17.0 Å². The van der Waals surface area contributed by atoms with Crippen LogP contribution in [0.5, 0.6) is 0 Å². The summed E-state index contributed by atoms with van der Waals surface area (Å²) in [5, 5.41) is 2.85. The third-order valence-corrected chi connectivity index (χ3v) is 6.18. The Hall–Kier alpha value is -0.630. The molecule has 7 heteroatoms. The van der Waals surface area contributed by atoms with Crippen molar-refractivity contribution in [3.05, 3.63) is 29.1 Å². The largest absolute Gasteiger partial charge is 0.316 e. The highest BCUT2D eigenvalue weighted by molar-refractivity contribution is 7.99. The van der Waals surface area contributed by atoms with E-state index in [0.717, 1.165) is 24.3 Å². The topological polar surface area (TPSA) is 58.2 Å². The van der Waals surface area contributed by atoms with E-state index in [9.17, 15) is 12.8 Å². The fourth-order valence-electron chi connectivity index (χ4n) is 2.40. The predicted molar refractivity (Wildman–Crippen MR) is 84.6 cm³/mol. The minimum atomic E-state index is -3.60. The number of thioether (sulfide) groups is 1. The van der Waals surface area contributed by atoms with E-state index in [0.29, 0.717) is 17.7 Å². The van der Waals surface area contributed by atoms with E-state index in [2.05, 4.69) is 10.0 Å². The van der Waals surface area contributed by atoms with Gasteiger partial charge in [-0.1, -0.05) is 0 Å². The Balaban J connectivity index is 2.26. The Morgan fingerprint density at radius 2 is 2.19 bits per heavy atom. The van der Waals surface area contributed by atoms with E-state index < -0.39 is 10.0 Å². The zero-order valence-corrected chi connectivity index (χ0v) is 13.9. The fourth-order valence-corrected chi connectivity index (χ4v) is 4.99. The Bertz CT molecular complexity index is 599. The number of sulfonamides is 1. The Morgan fingerprint density at radius 3 is 2.81 bits per heavy atom. The molecule has 0 aromatic heterocycles. The van der Waals surface area contributed by atoms with Crippen LogP contribution in [0.1, 0.15) is 24.0 Å². The van der Waals surface area contributed by atoms with E-state index in [1.807, 2.05) is 0 Å². The van der Waals surface area contributed by atoms with Crippen molar-refractivity contribution in [2.75, 3.05) is 18.6 Å². The third kappa shape index (κ3) is 4.18. The number of halogens is 1. The van der Waals surface area contributed by atoms with Crippen molar-refractivity contribution in [1.82, 2.24) is 10.0 Å². The lowest BCUT2D eigenvalue weighted by Crippen LogP contribution is -2.38. The first-order chi connectivity index (χ1) is 9.94. The van der Waals surface area contributed by atoms with Crippen LogP contribution in [0.2, 0.25) is 0 Å². The molecule has 1 atom stereocenters. The first-order valence-corrected chi connectivity index (χ1v) is 9.61. The van der Waals surface area contributed by atoms with Crippen LogP contribution in [0.3, 0.4) is 0 Å². The van der Waals surface area contributed by atoms with Gasteiger partial charge in [0.1, 0.15) is 5.82 Å². The molecular formula is C14H21FN2O2S2. The van der Waals surface area contributed by atoms with Gasteiger partial charge in [-0.2, -0.15) is 11.8 Å². The summed E-state index contributed by atoms with van der Waals surface area (Å²) in [4.78, 5) is 0.141. The van der Waals surface area contributed by atoms with Gasteiger partial charge in [-0.05, 0) is 50.3 Å². The minimum Gasteiger partial charge on any atom is -0.316 e. The molecule has 21 heavy (non-hydrogen) atoms. The molecule has 0 spiro atoms. The lowest BCUT2D eigenvalue weighted by Gasteiger charge is -2.22. The van der Waals surface area contributed by atoms with E-state index in [1.54, 1.807) is 25.7 Å². The highest BCUT2D eigenvalue weighted by Gasteiger charge is 2.23. The standard InChI is InChI=1S/C14H21FN2O2S2/c1-10-6-13(7-11(8-16-2)14(10)15)21(18,19)17-12-4-3-5-20-9-12/h6-7,12,16-17H,3-5,8-9H2,1-2H3. The summed E-state index contributed by atoms with van der Waals surface area (Å²) in [7, 11) is -1.90. The van der Waals surface area contributed by atoms with Crippen molar-refractivity contribution >= 4 is 21.8 Å². The van der Waals surface area contributed by atoms with Crippen molar-refractivity contribution in [2.24, 2.45) is 0 Å². The molecule has 1 saturated heterocycles. The molecule has 2 rings (SSSR count). The quantitative estimate of drug-likeness (QED) is 0.866. The Kier molecular flexibility index (Phi) is 5.65. The number of hydrogen-bond donors (Lipinski definition) is 2. The molecule has 4 nitrogen and oxygen atoms in total. The molecule has 1 aromatic carbocycles. The minimum absolute atomic E-state index is 0.0353. The number of aryl methyl sites for hydroxylation is 1. The summed E-state index contributed by atoms with van der Waals surface area (Å²) in [6, 6.07) is 2.77. The first kappa shape index (κ1) is 16.7. The second-order valence-corrected chi connectivity index (χ2v) is 8.14. The molecule has 1 heterocycles. The summed E-state index contributed by atoms with van der Waals surface area (Å²) >= 11 is 1.76. The second kappa shape index (κ2) is 7.09. The van der Waals surface area contributed by atoms with Gasteiger partial charge in [-0.3, -0.25) is 0 Å².